The second kappa shape index (κ2) is 10.0. The zero-order valence-electron chi connectivity index (χ0n) is 10.6. The van der Waals surface area contributed by atoms with Crippen LogP contribution >= 0.6 is 0 Å². The van der Waals surface area contributed by atoms with Gasteiger partial charge < -0.3 is 4.74 Å². The van der Waals surface area contributed by atoms with Crippen molar-refractivity contribution in [2.75, 3.05) is 0 Å². The molecule has 0 bridgehead atoms. The lowest BCUT2D eigenvalue weighted by atomic mass is 10.1. The van der Waals surface area contributed by atoms with Crippen LogP contribution < -0.4 is 0 Å². The average molecular weight is 214 g/mol. The Bertz CT molecular complexity index is 155. The van der Waals surface area contributed by atoms with E-state index in [1.54, 1.807) is 0 Å². The Morgan fingerprint density at radius 1 is 1.00 bits per heavy atom. The largest absolute Gasteiger partial charge is 0.462 e. The molecule has 1 atom stereocenters. The van der Waals surface area contributed by atoms with E-state index in [1.807, 2.05) is 6.92 Å². The van der Waals surface area contributed by atoms with E-state index in [1.165, 1.54) is 25.7 Å². The molecule has 0 aromatic carbocycles. The fourth-order valence-corrected chi connectivity index (χ4v) is 1.65. The number of carbonyl (C=O) groups is 1. The number of hydrogen-bond donors (Lipinski definition) is 0. The minimum absolute atomic E-state index is 0.0519. The molecule has 0 heterocycles. The maximum Gasteiger partial charge on any atom is 0.305 e. The highest BCUT2D eigenvalue weighted by atomic mass is 16.5. The second-order valence-corrected chi connectivity index (χ2v) is 4.10. The molecule has 90 valence electrons. The lowest BCUT2D eigenvalue weighted by Gasteiger charge is -2.16. The van der Waals surface area contributed by atoms with E-state index in [-0.39, 0.29) is 12.1 Å². The van der Waals surface area contributed by atoms with Crippen LogP contribution in [-0.4, -0.2) is 12.1 Å². The van der Waals surface area contributed by atoms with Gasteiger partial charge in [-0.05, 0) is 19.3 Å². The minimum Gasteiger partial charge on any atom is -0.462 e. The van der Waals surface area contributed by atoms with Gasteiger partial charge in [0.2, 0.25) is 0 Å². The summed E-state index contributed by atoms with van der Waals surface area (Å²) in [5, 5.41) is 0. The first-order valence-electron chi connectivity index (χ1n) is 6.44. The molecule has 15 heavy (non-hydrogen) atoms. The van der Waals surface area contributed by atoms with E-state index in [4.69, 9.17) is 4.74 Å². The van der Waals surface area contributed by atoms with Crippen LogP contribution in [0.5, 0.6) is 0 Å². The zero-order valence-corrected chi connectivity index (χ0v) is 10.6. The van der Waals surface area contributed by atoms with Crippen LogP contribution in [0.1, 0.15) is 72.1 Å². The van der Waals surface area contributed by atoms with E-state index in [9.17, 15) is 4.79 Å². The highest BCUT2D eigenvalue weighted by Crippen LogP contribution is 2.13. The molecule has 0 fully saturated rings. The third-order valence-corrected chi connectivity index (χ3v) is 2.58. The van der Waals surface area contributed by atoms with Crippen LogP contribution in [0.25, 0.3) is 0 Å². The molecule has 2 heteroatoms. The number of hydrogen-bond acceptors (Lipinski definition) is 2. The number of unbranched alkanes of at least 4 members (excludes halogenated alkanes) is 3. The standard InChI is InChI=1S/C13H26O2/c1-4-7-8-9-11-12(10-5-2)15-13(14)6-3/h12H,4-11H2,1-3H3. The summed E-state index contributed by atoms with van der Waals surface area (Å²) < 4.78 is 5.38. The maximum atomic E-state index is 11.2. The molecular weight excluding hydrogens is 188 g/mol. The van der Waals surface area contributed by atoms with Gasteiger partial charge in [0.25, 0.3) is 0 Å². The van der Waals surface area contributed by atoms with Gasteiger partial charge in [0.1, 0.15) is 6.10 Å². The van der Waals surface area contributed by atoms with Crippen LogP contribution in [0.3, 0.4) is 0 Å². The van der Waals surface area contributed by atoms with Crippen LogP contribution in [0.15, 0.2) is 0 Å². The lowest BCUT2D eigenvalue weighted by molar-refractivity contribution is -0.149. The van der Waals surface area contributed by atoms with Crippen molar-refractivity contribution < 1.29 is 9.53 Å². The molecule has 0 rings (SSSR count). The van der Waals surface area contributed by atoms with Crippen molar-refractivity contribution in [3.63, 3.8) is 0 Å². The van der Waals surface area contributed by atoms with Crippen molar-refractivity contribution >= 4 is 5.97 Å². The Hall–Kier alpha value is -0.530. The first-order chi connectivity index (χ1) is 7.24. The number of rotatable bonds is 9. The van der Waals surface area contributed by atoms with Gasteiger partial charge in [-0.2, -0.15) is 0 Å². The Labute approximate surface area is 94.4 Å². The summed E-state index contributed by atoms with van der Waals surface area (Å²) in [7, 11) is 0. The van der Waals surface area contributed by atoms with Gasteiger partial charge >= 0.3 is 5.97 Å². The van der Waals surface area contributed by atoms with E-state index >= 15 is 0 Å². The molecule has 0 radical (unpaired) electrons. The van der Waals surface area contributed by atoms with E-state index in [2.05, 4.69) is 13.8 Å². The molecule has 1 unspecified atom stereocenters. The van der Waals surface area contributed by atoms with Crippen molar-refractivity contribution in [1.82, 2.24) is 0 Å². The molecule has 0 saturated carbocycles. The summed E-state index contributed by atoms with van der Waals surface area (Å²) in [6.45, 7) is 6.20. The van der Waals surface area contributed by atoms with Crippen molar-refractivity contribution in [3.8, 4) is 0 Å². The summed E-state index contributed by atoms with van der Waals surface area (Å²) in [6, 6.07) is 0. The number of esters is 1. The van der Waals surface area contributed by atoms with Crippen molar-refractivity contribution in [1.29, 1.82) is 0 Å². The third-order valence-electron chi connectivity index (χ3n) is 2.58. The van der Waals surface area contributed by atoms with Crippen LogP contribution in [0, 0.1) is 0 Å². The molecule has 0 N–H and O–H groups in total. The van der Waals surface area contributed by atoms with Crippen LogP contribution in [0.4, 0.5) is 0 Å². The number of carbonyl (C=O) groups excluding carboxylic acids is 1. The van der Waals surface area contributed by atoms with Gasteiger partial charge in [0, 0.05) is 6.42 Å². The Kier molecular flexibility index (Phi) is 9.65. The quantitative estimate of drug-likeness (QED) is 0.427. The first-order valence-corrected chi connectivity index (χ1v) is 6.44. The summed E-state index contributed by atoms with van der Waals surface area (Å²) in [5.41, 5.74) is 0. The normalized spacial score (nSPS) is 12.5. The Morgan fingerprint density at radius 3 is 2.27 bits per heavy atom. The van der Waals surface area contributed by atoms with Gasteiger partial charge in [0.15, 0.2) is 0 Å². The molecule has 0 aliphatic heterocycles. The predicted octanol–water partition coefficient (Wildman–Crippen LogP) is 4.08. The van der Waals surface area contributed by atoms with Gasteiger partial charge in [-0.3, -0.25) is 4.79 Å². The molecular formula is C13H26O2. The fourth-order valence-electron chi connectivity index (χ4n) is 1.65. The van der Waals surface area contributed by atoms with Gasteiger partial charge in [0.05, 0.1) is 0 Å². The zero-order chi connectivity index (χ0) is 11.5. The van der Waals surface area contributed by atoms with Gasteiger partial charge in [-0.25, -0.2) is 0 Å². The molecule has 0 spiro atoms. The topological polar surface area (TPSA) is 26.3 Å². The SMILES string of the molecule is CCCCCCC(CCC)OC(=O)CC. The average Bonchev–Trinajstić information content (AvgIpc) is 2.24. The predicted molar refractivity (Wildman–Crippen MR) is 63.8 cm³/mol. The molecule has 0 aliphatic rings. The van der Waals surface area contributed by atoms with E-state index in [0.717, 1.165) is 19.3 Å². The highest BCUT2D eigenvalue weighted by molar-refractivity contribution is 5.69. The Morgan fingerprint density at radius 2 is 1.73 bits per heavy atom. The minimum atomic E-state index is -0.0519. The number of ether oxygens (including phenoxy) is 1. The van der Waals surface area contributed by atoms with Gasteiger partial charge in [-0.15, -0.1) is 0 Å². The van der Waals surface area contributed by atoms with Crippen molar-refractivity contribution in [2.45, 2.75) is 78.2 Å². The summed E-state index contributed by atoms with van der Waals surface area (Å²) in [6.07, 6.45) is 8.81. The van der Waals surface area contributed by atoms with Crippen molar-refractivity contribution in [2.24, 2.45) is 0 Å². The third kappa shape index (κ3) is 8.46. The second-order valence-electron chi connectivity index (χ2n) is 4.10. The molecule has 0 aromatic heterocycles. The van der Waals surface area contributed by atoms with Crippen LogP contribution in [-0.2, 0) is 9.53 Å². The monoisotopic (exact) mass is 214 g/mol. The molecule has 0 aromatic rings. The van der Waals surface area contributed by atoms with Crippen molar-refractivity contribution in [3.05, 3.63) is 0 Å². The van der Waals surface area contributed by atoms with E-state index < -0.39 is 0 Å². The summed E-state index contributed by atoms with van der Waals surface area (Å²) in [4.78, 5) is 11.2. The molecule has 0 saturated heterocycles. The smallest absolute Gasteiger partial charge is 0.305 e. The first kappa shape index (κ1) is 14.5. The Balaban J connectivity index is 3.67. The maximum absolute atomic E-state index is 11.2. The lowest BCUT2D eigenvalue weighted by Crippen LogP contribution is -2.17. The summed E-state index contributed by atoms with van der Waals surface area (Å²) in [5.74, 6) is -0.0519. The van der Waals surface area contributed by atoms with Gasteiger partial charge in [-0.1, -0.05) is 46.5 Å². The summed E-state index contributed by atoms with van der Waals surface area (Å²) >= 11 is 0. The van der Waals surface area contributed by atoms with Crippen LogP contribution in [0.2, 0.25) is 0 Å². The molecule has 0 amide bonds. The highest BCUT2D eigenvalue weighted by Gasteiger charge is 2.11. The molecule has 2 nitrogen and oxygen atoms in total. The molecule has 0 aliphatic carbocycles. The fraction of sp³-hybridized carbons (Fsp3) is 0.923. The van der Waals surface area contributed by atoms with E-state index in [0.29, 0.717) is 6.42 Å².